The smallest absolute Gasteiger partial charge is 0.137 e. The second-order valence-electron chi connectivity index (χ2n) is 5.67. The van der Waals surface area contributed by atoms with Gasteiger partial charge in [-0.25, -0.2) is 0 Å². The molecule has 0 radical (unpaired) electrons. The van der Waals surface area contributed by atoms with Crippen molar-refractivity contribution in [3.05, 3.63) is 40.3 Å². The number of rotatable bonds is 1. The predicted octanol–water partition coefficient (Wildman–Crippen LogP) is 4.38. The Morgan fingerprint density at radius 3 is 2.30 bits per heavy atom. The van der Waals surface area contributed by atoms with Gasteiger partial charge in [0, 0.05) is 23.7 Å². The number of aryl methyl sites for hydroxylation is 4. The molecular formula is C17H20N2O. The van der Waals surface area contributed by atoms with E-state index in [1.807, 2.05) is 18.7 Å². The average molecular weight is 268 g/mol. The molecule has 0 spiro atoms. The SMILES string of the molecule is Cc1cc2c(-c3nn(C)c(C)c3C)c(C)cc(C)c2o1. The van der Waals surface area contributed by atoms with Gasteiger partial charge in [-0.15, -0.1) is 0 Å². The van der Waals surface area contributed by atoms with E-state index >= 15 is 0 Å². The van der Waals surface area contributed by atoms with Gasteiger partial charge < -0.3 is 4.42 Å². The van der Waals surface area contributed by atoms with Crippen LogP contribution in [-0.4, -0.2) is 9.78 Å². The second kappa shape index (κ2) is 4.23. The van der Waals surface area contributed by atoms with Gasteiger partial charge in [0.25, 0.3) is 0 Å². The molecule has 3 rings (SSSR count). The van der Waals surface area contributed by atoms with Crippen molar-refractivity contribution >= 4 is 11.0 Å². The second-order valence-corrected chi connectivity index (χ2v) is 5.67. The molecule has 0 saturated heterocycles. The first-order valence-corrected chi connectivity index (χ1v) is 6.91. The lowest BCUT2D eigenvalue weighted by Gasteiger charge is -2.08. The molecule has 0 N–H and O–H groups in total. The summed E-state index contributed by atoms with van der Waals surface area (Å²) >= 11 is 0. The maximum absolute atomic E-state index is 5.86. The zero-order chi connectivity index (χ0) is 14.6. The molecule has 0 aliphatic carbocycles. The van der Waals surface area contributed by atoms with E-state index in [2.05, 4.69) is 39.8 Å². The van der Waals surface area contributed by atoms with E-state index in [0.29, 0.717) is 0 Å². The van der Waals surface area contributed by atoms with Crippen molar-refractivity contribution < 1.29 is 4.42 Å². The quantitative estimate of drug-likeness (QED) is 0.656. The van der Waals surface area contributed by atoms with Crippen LogP contribution in [0.25, 0.3) is 22.2 Å². The first-order chi connectivity index (χ1) is 9.40. The largest absolute Gasteiger partial charge is 0.461 e. The van der Waals surface area contributed by atoms with Crippen molar-refractivity contribution in [3.63, 3.8) is 0 Å². The highest BCUT2D eigenvalue weighted by molar-refractivity contribution is 5.97. The van der Waals surface area contributed by atoms with Crippen LogP contribution < -0.4 is 0 Å². The third kappa shape index (κ3) is 1.69. The van der Waals surface area contributed by atoms with Crippen molar-refractivity contribution in [1.29, 1.82) is 0 Å². The molecule has 1 aromatic carbocycles. The van der Waals surface area contributed by atoms with E-state index in [1.54, 1.807) is 0 Å². The number of fused-ring (bicyclic) bond motifs is 1. The summed E-state index contributed by atoms with van der Waals surface area (Å²) in [5, 5.41) is 5.87. The van der Waals surface area contributed by atoms with E-state index in [9.17, 15) is 0 Å². The summed E-state index contributed by atoms with van der Waals surface area (Å²) in [6.07, 6.45) is 0. The van der Waals surface area contributed by atoms with Crippen molar-refractivity contribution in [2.45, 2.75) is 34.6 Å². The van der Waals surface area contributed by atoms with Crippen LogP contribution in [0.15, 0.2) is 16.5 Å². The zero-order valence-electron chi connectivity index (χ0n) is 13.0. The van der Waals surface area contributed by atoms with Crippen LogP contribution in [0.4, 0.5) is 0 Å². The Bertz CT molecular complexity index is 821. The van der Waals surface area contributed by atoms with Gasteiger partial charge in [0.15, 0.2) is 0 Å². The number of hydrogen-bond donors (Lipinski definition) is 0. The van der Waals surface area contributed by atoms with Gasteiger partial charge in [0.2, 0.25) is 0 Å². The first kappa shape index (κ1) is 13.0. The lowest BCUT2D eigenvalue weighted by Crippen LogP contribution is -1.93. The molecule has 0 amide bonds. The van der Waals surface area contributed by atoms with E-state index in [-0.39, 0.29) is 0 Å². The predicted molar refractivity (Wildman–Crippen MR) is 82.1 cm³/mol. The maximum atomic E-state index is 5.86. The molecule has 20 heavy (non-hydrogen) atoms. The average Bonchev–Trinajstić information content (AvgIpc) is 2.87. The third-order valence-corrected chi connectivity index (χ3v) is 4.18. The molecule has 0 bridgehead atoms. The molecule has 0 saturated carbocycles. The highest BCUT2D eigenvalue weighted by atomic mass is 16.3. The van der Waals surface area contributed by atoms with E-state index in [4.69, 9.17) is 9.52 Å². The summed E-state index contributed by atoms with van der Waals surface area (Å²) in [7, 11) is 1.99. The van der Waals surface area contributed by atoms with Gasteiger partial charge in [-0.2, -0.15) is 5.10 Å². The van der Waals surface area contributed by atoms with Gasteiger partial charge in [0.05, 0.1) is 5.69 Å². The summed E-state index contributed by atoms with van der Waals surface area (Å²) < 4.78 is 7.81. The molecule has 3 aromatic rings. The molecule has 3 nitrogen and oxygen atoms in total. The fourth-order valence-corrected chi connectivity index (χ4v) is 2.93. The Kier molecular flexibility index (Phi) is 2.75. The fraction of sp³-hybridized carbons (Fsp3) is 0.353. The lowest BCUT2D eigenvalue weighted by molar-refractivity contribution is 0.576. The number of furan rings is 1. The molecule has 0 fully saturated rings. The molecule has 2 aromatic heterocycles. The minimum atomic E-state index is 0.945. The molecular weight excluding hydrogens is 248 g/mol. The summed E-state index contributed by atoms with van der Waals surface area (Å²) in [4.78, 5) is 0. The fourth-order valence-electron chi connectivity index (χ4n) is 2.93. The number of hydrogen-bond acceptors (Lipinski definition) is 2. The van der Waals surface area contributed by atoms with Crippen LogP contribution in [0.3, 0.4) is 0 Å². The zero-order valence-corrected chi connectivity index (χ0v) is 13.0. The highest BCUT2D eigenvalue weighted by Crippen LogP contribution is 2.37. The van der Waals surface area contributed by atoms with Crippen molar-refractivity contribution in [2.75, 3.05) is 0 Å². The Labute approximate surface area is 119 Å². The van der Waals surface area contributed by atoms with Crippen LogP contribution in [0.2, 0.25) is 0 Å². The molecule has 3 heteroatoms. The number of nitrogens with zero attached hydrogens (tertiary/aromatic N) is 2. The number of benzene rings is 1. The standard InChI is InChI=1S/C17H20N2O/c1-9-7-10(2)17-14(8-11(3)20-17)15(9)16-12(4)13(5)19(6)18-16/h7-8H,1-6H3. The highest BCUT2D eigenvalue weighted by Gasteiger charge is 2.18. The van der Waals surface area contributed by atoms with E-state index in [0.717, 1.165) is 17.0 Å². The van der Waals surface area contributed by atoms with Crippen LogP contribution in [0.1, 0.15) is 28.1 Å². The Morgan fingerprint density at radius 2 is 1.70 bits per heavy atom. The van der Waals surface area contributed by atoms with E-state index in [1.165, 1.54) is 33.3 Å². The van der Waals surface area contributed by atoms with Crippen LogP contribution in [0, 0.1) is 34.6 Å². The molecule has 0 atom stereocenters. The van der Waals surface area contributed by atoms with Crippen molar-refractivity contribution in [3.8, 4) is 11.3 Å². The maximum Gasteiger partial charge on any atom is 0.137 e. The summed E-state index contributed by atoms with van der Waals surface area (Å²) in [5.41, 5.74) is 8.10. The van der Waals surface area contributed by atoms with Crippen LogP contribution in [-0.2, 0) is 7.05 Å². The summed E-state index contributed by atoms with van der Waals surface area (Å²) in [6, 6.07) is 4.30. The van der Waals surface area contributed by atoms with Gasteiger partial charge >= 0.3 is 0 Å². The number of aromatic nitrogens is 2. The first-order valence-electron chi connectivity index (χ1n) is 6.91. The monoisotopic (exact) mass is 268 g/mol. The Balaban J connectivity index is 2.44. The van der Waals surface area contributed by atoms with Gasteiger partial charge in [-0.3, -0.25) is 4.68 Å². The molecule has 104 valence electrons. The molecule has 0 aliphatic rings. The lowest BCUT2D eigenvalue weighted by atomic mass is 9.96. The Morgan fingerprint density at radius 1 is 1.00 bits per heavy atom. The minimum Gasteiger partial charge on any atom is -0.461 e. The molecule has 0 aliphatic heterocycles. The summed E-state index contributed by atoms with van der Waals surface area (Å²) in [6.45, 7) is 10.5. The minimum absolute atomic E-state index is 0.945. The topological polar surface area (TPSA) is 31.0 Å². The third-order valence-electron chi connectivity index (χ3n) is 4.18. The van der Waals surface area contributed by atoms with E-state index < -0.39 is 0 Å². The van der Waals surface area contributed by atoms with Crippen LogP contribution in [0.5, 0.6) is 0 Å². The van der Waals surface area contributed by atoms with Gasteiger partial charge in [0.1, 0.15) is 11.3 Å². The van der Waals surface area contributed by atoms with Gasteiger partial charge in [-0.05, 0) is 57.4 Å². The molecule has 2 heterocycles. The van der Waals surface area contributed by atoms with Crippen molar-refractivity contribution in [1.82, 2.24) is 9.78 Å². The molecule has 0 unspecified atom stereocenters. The van der Waals surface area contributed by atoms with Crippen LogP contribution >= 0.6 is 0 Å². The van der Waals surface area contributed by atoms with Gasteiger partial charge in [-0.1, -0.05) is 6.07 Å². The summed E-state index contributed by atoms with van der Waals surface area (Å²) in [5.74, 6) is 0.945. The Hall–Kier alpha value is -2.03. The van der Waals surface area contributed by atoms with Crippen molar-refractivity contribution in [2.24, 2.45) is 7.05 Å². The normalized spacial score (nSPS) is 11.5.